The van der Waals surface area contributed by atoms with Crippen LogP contribution < -0.4 is 11.1 Å². The Hall–Kier alpha value is -1.76. The fourth-order valence-electron chi connectivity index (χ4n) is 1.56. The molecule has 2 amide bonds. The maximum absolute atomic E-state index is 12.7. The van der Waals surface area contributed by atoms with E-state index in [0.717, 1.165) is 6.07 Å². The Labute approximate surface area is 109 Å². The van der Waals surface area contributed by atoms with Crippen molar-refractivity contribution in [2.75, 3.05) is 18.9 Å². The number of benzene rings is 1. The fraction of sp³-hybridized carbons (Fsp3) is 0.417. The Morgan fingerprint density at radius 3 is 2.53 bits per heavy atom. The Balaban J connectivity index is 2.86. The summed E-state index contributed by atoms with van der Waals surface area (Å²) in [6.45, 7) is 1.95. The zero-order valence-electron chi connectivity index (χ0n) is 10.7. The molecule has 1 rings (SSSR count). The van der Waals surface area contributed by atoms with E-state index >= 15 is 0 Å². The number of amides is 2. The van der Waals surface area contributed by atoms with E-state index in [1.165, 1.54) is 30.1 Å². The molecule has 0 aliphatic carbocycles. The second kappa shape index (κ2) is 5.92. The predicted octanol–water partition coefficient (Wildman–Crippen LogP) is 2.52. The van der Waals surface area contributed by atoms with Gasteiger partial charge in [0.1, 0.15) is 0 Å². The Morgan fingerprint density at radius 2 is 2.00 bits per heavy atom. The molecule has 1 aromatic carbocycles. The number of hydrogen-bond acceptors (Lipinski definition) is 2. The zero-order valence-corrected chi connectivity index (χ0v) is 10.7. The molecular weight excluding hydrogens is 259 g/mol. The number of alkyl halides is 3. The van der Waals surface area contributed by atoms with Crippen molar-refractivity contribution in [1.82, 2.24) is 4.90 Å². The molecule has 1 atom stereocenters. The SMILES string of the molecule is CC(N)CN(C)C(=O)Nc1ccccc1C(F)(F)F. The van der Waals surface area contributed by atoms with E-state index < -0.39 is 17.8 Å². The molecule has 3 N–H and O–H groups in total. The molecule has 4 nitrogen and oxygen atoms in total. The monoisotopic (exact) mass is 275 g/mol. The van der Waals surface area contributed by atoms with Crippen molar-refractivity contribution in [3.63, 3.8) is 0 Å². The van der Waals surface area contributed by atoms with Gasteiger partial charge in [0.15, 0.2) is 0 Å². The number of halogens is 3. The highest BCUT2D eigenvalue weighted by Crippen LogP contribution is 2.34. The van der Waals surface area contributed by atoms with E-state index in [9.17, 15) is 18.0 Å². The molecule has 0 aliphatic heterocycles. The van der Waals surface area contributed by atoms with Gasteiger partial charge in [-0.25, -0.2) is 4.79 Å². The first-order valence-corrected chi connectivity index (χ1v) is 5.65. The third-order valence-electron chi connectivity index (χ3n) is 2.38. The first-order chi connectivity index (χ1) is 8.71. The number of urea groups is 1. The summed E-state index contributed by atoms with van der Waals surface area (Å²) >= 11 is 0. The molecule has 106 valence electrons. The molecule has 0 saturated carbocycles. The van der Waals surface area contributed by atoms with Crippen LogP contribution in [-0.2, 0) is 6.18 Å². The zero-order chi connectivity index (χ0) is 14.6. The molecule has 0 heterocycles. The minimum Gasteiger partial charge on any atom is -0.326 e. The molecule has 0 spiro atoms. The summed E-state index contributed by atoms with van der Waals surface area (Å²) in [7, 11) is 1.47. The van der Waals surface area contributed by atoms with Crippen LogP contribution in [0.2, 0.25) is 0 Å². The summed E-state index contributed by atoms with van der Waals surface area (Å²) in [6, 6.07) is 3.94. The standard InChI is InChI=1S/C12H16F3N3O/c1-8(16)7-18(2)11(19)17-10-6-4-3-5-9(10)12(13,14)15/h3-6,8H,7,16H2,1-2H3,(H,17,19). The Bertz CT molecular complexity index is 446. The average molecular weight is 275 g/mol. The van der Waals surface area contributed by atoms with E-state index in [1.807, 2.05) is 0 Å². The topological polar surface area (TPSA) is 58.4 Å². The average Bonchev–Trinajstić information content (AvgIpc) is 2.27. The summed E-state index contributed by atoms with van der Waals surface area (Å²) in [5.41, 5.74) is 4.38. The lowest BCUT2D eigenvalue weighted by molar-refractivity contribution is -0.136. The van der Waals surface area contributed by atoms with Gasteiger partial charge in [-0.05, 0) is 19.1 Å². The van der Waals surface area contributed by atoms with Crippen molar-refractivity contribution in [2.45, 2.75) is 19.1 Å². The van der Waals surface area contributed by atoms with Crippen LogP contribution in [0.5, 0.6) is 0 Å². The lowest BCUT2D eigenvalue weighted by Gasteiger charge is -2.21. The van der Waals surface area contributed by atoms with Gasteiger partial charge in [0.2, 0.25) is 0 Å². The van der Waals surface area contributed by atoms with Crippen LogP contribution in [-0.4, -0.2) is 30.6 Å². The van der Waals surface area contributed by atoms with Crippen LogP contribution in [0.4, 0.5) is 23.7 Å². The number of nitrogens with two attached hydrogens (primary N) is 1. The molecule has 0 aromatic heterocycles. The number of anilines is 1. The number of rotatable bonds is 3. The number of para-hydroxylation sites is 1. The number of carbonyl (C=O) groups is 1. The van der Waals surface area contributed by atoms with E-state index in [2.05, 4.69) is 5.32 Å². The molecule has 0 aliphatic rings. The van der Waals surface area contributed by atoms with E-state index in [4.69, 9.17) is 5.73 Å². The summed E-state index contributed by atoms with van der Waals surface area (Å²) in [5.74, 6) is 0. The van der Waals surface area contributed by atoms with E-state index in [-0.39, 0.29) is 18.3 Å². The number of hydrogen-bond donors (Lipinski definition) is 2. The van der Waals surface area contributed by atoms with Crippen LogP contribution in [0.25, 0.3) is 0 Å². The number of carbonyl (C=O) groups excluding carboxylic acids is 1. The van der Waals surface area contributed by atoms with Gasteiger partial charge in [0, 0.05) is 19.6 Å². The largest absolute Gasteiger partial charge is 0.418 e. The highest BCUT2D eigenvalue weighted by molar-refractivity contribution is 5.90. The normalized spacial score (nSPS) is 12.9. The van der Waals surface area contributed by atoms with Gasteiger partial charge in [0.05, 0.1) is 11.3 Å². The van der Waals surface area contributed by atoms with Crippen LogP contribution in [0, 0.1) is 0 Å². The van der Waals surface area contributed by atoms with Crippen molar-refractivity contribution in [3.05, 3.63) is 29.8 Å². The number of nitrogens with zero attached hydrogens (tertiary/aromatic N) is 1. The van der Waals surface area contributed by atoms with Gasteiger partial charge >= 0.3 is 12.2 Å². The molecule has 0 radical (unpaired) electrons. The van der Waals surface area contributed by atoms with Gasteiger partial charge in [-0.1, -0.05) is 12.1 Å². The second-order valence-corrected chi connectivity index (χ2v) is 4.33. The highest BCUT2D eigenvalue weighted by Gasteiger charge is 2.33. The van der Waals surface area contributed by atoms with Gasteiger partial charge in [-0.3, -0.25) is 0 Å². The summed E-state index contributed by atoms with van der Waals surface area (Å²) in [6.07, 6.45) is -4.51. The van der Waals surface area contributed by atoms with Crippen LogP contribution in [0.15, 0.2) is 24.3 Å². The van der Waals surface area contributed by atoms with Gasteiger partial charge in [0.25, 0.3) is 0 Å². The van der Waals surface area contributed by atoms with Gasteiger partial charge < -0.3 is 16.0 Å². The predicted molar refractivity (Wildman–Crippen MR) is 66.7 cm³/mol. The molecule has 0 saturated heterocycles. The maximum Gasteiger partial charge on any atom is 0.418 e. The molecule has 19 heavy (non-hydrogen) atoms. The van der Waals surface area contributed by atoms with Crippen molar-refractivity contribution in [3.8, 4) is 0 Å². The highest BCUT2D eigenvalue weighted by atomic mass is 19.4. The minimum atomic E-state index is -4.51. The third kappa shape index (κ3) is 4.44. The molecule has 7 heteroatoms. The molecule has 0 bridgehead atoms. The van der Waals surface area contributed by atoms with E-state index in [1.54, 1.807) is 6.92 Å². The van der Waals surface area contributed by atoms with Crippen molar-refractivity contribution < 1.29 is 18.0 Å². The molecule has 1 aromatic rings. The van der Waals surface area contributed by atoms with Crippen LogP contribution in [0.3, 0.4) is 0 Å². The van der Waals surface area contributed by atoms with Crippen molar-refractivity contribution in [2.24, 2.45) is 5.73 Å². The summed E-state index contributed by atoms with van der Waals surface area (Å²) in [5, 5.41) is 2.23. The number of likely N-dealkylation sites (N-methyl/N-ethyl adjacent to an activating group) is 1. The first kappa shape index (κ1) is 15.3. The van der Waals surface area contributed by atoms with Gasteiger partial charge in [-0.2, -0.15) is 13.2 Å². The molecular formula is C12H16F3N3O. The van der Waals surface area contributed by atoms with Crippen LogP contribution in [0.1, 0.15) is 12.5 Å². The Kier molecular flexibility index (Phi) is 4.77. The molecule has 0 fully saturated rings. The van der Waals surface area contributed by atoms with Gasteiger partial charge in [-0.15, -0.1) is 0 Å². The second-order valence-electron chi connectivity index (χ2n) is 4.33. The quantitative estimate of drug-likeness (QED) is 0.890. The number of nitrogens with one attached hydrogen (secondary N) is 1. The fourth-order valence-corrected chi connectivity index (χ4v) is 1.56. The maximum atomic E-state index is 12.7. The first-order valence-electron chi connectivity index (χ1n) is 5.65. The Morgan fingerprint density at radius 1 is 1.42 bits per heavy atom. The van der Waals surface area contributed by atoms with Crippen molar-refractivity contribution in [1.29, 1.82) is 0 Å². The lowest BCUT2D eigenvalue weighted by Crippen LogP contribution is -2.39. The third-order valence-corrected chi connectivity index (χ3v) is 2.38. The smallest absolute Gasteiger partial charge is 0.326 e. The minimum absolute atomic E-state index is 0.250. The van der Waals surface area contributed by atoms with E-state index in [0.29, 0.717) is 0 Å². The van der Waals surface area contributed by atoms with Crippen LogP contribution >= 0.6 is 0 Å². The summed E-state index contributed by atoms with van der Waals surface area (Å²) < 4.78 is 38.2. The van der Waals surface area contributed by atoms with Crippen molar-refractivity contribution >= 4 is 11.7 Å². The summed E-state index contributed by atoms with van der Waals surface area (Å²) in [4.78, 5) is 13.0. The lowest BCUT2D eigenvalue weighted by atomic mass is 10.1. The molecule has 1 unspecified atom stereocenters.